The Kier molecular flexibility index (Phi) is 4.06. The molecule has 1 aromatic carbocycles. The molecule has 6 nitrogen and oxygen atoms in total. The van der Waals surface area contributed by atoms with E-state index in [-0.39, 0.29) is 17.7 Å². The maximum Gasteiger partial charge on any atom is 0.322 e. The zero-order valence-electron chi connectivity index (χ0n) is 13.2. The van der Waals surface area contributed by atoms with Crippen molar-refractivity contribution in [3.63, 3.8) is 0 Å². The first-order valence-corrected chi connectivity index (χ1v) is 7.48. The highest BCUT2D eigenvalue weighted by atomic mass is 16.5. The van der Waals surface area contributed by atoms with Crippen molar-refractivity contribution >= 4 is 11.7 Å². The van der Waals surface area contributed by atoms with Crippen molar-refractivity contribution in [1.82, 2.24) is 9.47 Å². The summed E-state index contributed by atoms with van der Waals surface area (Å²) in [6.45, 7) is 2.87. The number of amides is 2. The van der Waals surface area contributed by atoms with Gasteiger partial charge in [-0.1, -0.05) is 18.2 Å². The Labute approximate surface area is 134 Å². The highest BCUT2D eigenvalue weighted by Crippen LogP contribution is 2.18. The monoisotopic (exact) mass is 313 g/mol. The maximum absolute atomic E-state index is 12.1. The molecule has 2 aromatic rings. The summed E-state index contributed by atoms with van der Waals surface area (Å²) < 4.78 is 7.33. The minimum absolute atomic E-state index is 0.0805. The third kappa shape index (κ3) is 3.36. The van der Waals surface area contributed by atoms with Crippen LogP contribution in [0, 0.1) is 6.92 Å². The van der Waals surface area contributed by atoms with Crippen LogP contribution in [0.5, 0.6) is 5.75 Å². The first-order valence-electron chi connectivity index (χ1n) is 7.48. The van der Waals surface area contributed by atoms with Gasteiger partial charge >= 0.3 is 6.03 Å². The second kappa shape index (κ2) is 6.16. The average Bonchev–Trinajstić information content (AvgIpc) is 2.48. The smallest absolute Gasteiger partial charge is 0.322 e. The van der Waals surface area contributed by atoms with E-state index in [2.05, 4.69) is 5.32 Å². The third-order valence-electron chi connectivity index (χ3n) is 3.94. The Morgan fingerprint density at radius 3 is 2.57 bits per heavy atom. The summed E-state index contributed by atoms with van der Waals surface area (Å²) in [5, 5.41) is 2.83. The van der Waals surface area contributed by atoms with Crippen LogP contribution in [0.4, 0.5) is 10.5 Å². The van der Waals surface area contributed by atoms with Gasteiger partial charge in [-0.15, -0.1) is 0 Å². The summed E-state index contributed by atoms with van der Waals surface area (Å²) in [7, 11) is 1.72. The van der Waals surface area contributed by atoms with E-state index >= 15 is 0 Å². The number of ether oxygens (including phenoxy) is 1. The minimum atomic E-state index is -0.142. The van der Waals surface area contributed by atoms with Crippen molar-refractivity contribution in [2.24, 2.45) is 7.05 Å². The number of para-hydroxylation sites is 1. The number of benzene rings is 1. The van der Waals surface area contributed by atoms with Crippen LogP contribution < -0.4 is 15.6 Å². The summed E-state index contributed by atoms with van der Waals surface area (Å²) in [4.78, 5) is 25.5. The van der Waals surface area contributed by atoms with E-state index in [0.29, 0.717) is 18.8 Å². The molecular formula is C17H19N3O3. The van der Waals surface area contributed by atoms with Gasteiger partial charge in [-0.2, -0.15) is 0 Å². The van der Waals surface area contributed by atoms with E-state index in [0.717, 1.165) is 11.4 Å². The molecule has 2 heterocycles. The Hall–Kier alpha value is -2.76. The summed E-state index contributed by atoms with van der Waals surface area (Å²) >= 11 is 0. The number of carbonyl (C=O) groups excluding carboxylic acids is 1. The molecule has 1 fully saturated rings. The van der Waals surface area contributed by atoms with E-state index in [9.17, 15) is 9.59 Å². The largest absolute Gasteiger partial charge is 0.486 e. The Bertz CT molecular complexity index is 764. The fourth-order valence-corrected chi connectivity index (χ4v) is 2.40. The van der Waals surface area contributed by atoms with Crippen molar-refractivity contribution < 1.29 is 9.53 Å². The first kappa shape index (κ1) is 15.1. The predicted octanol–water partition coefficient (Wildman–Crippen LogP) is 1.99. The molecule has 0 unspecified atom stereocenters. The molecular weight excluding hydrogens is 294 g/mol. The summed E-state index contributed by atoms with van der Waals surface area (Å²) in [5.74, 6) is 0.554. The lowest BCUT2D eigenvalue weighted by molar-refractivity contribution is 0.0490. The van der Waals surface area contributed by atoms with Crippen LogP contribution in [0.2, 0.25) is 0 Å². The molecule has 0 bridgehead atoms. The molecule has 0 aliphatic carbocycles. The van der Waals surface area contributed by atoms with Gasteiger partial charge in [-0.25, -0.2) is 4.79 Å². The van der Waals surface area contributed by atoms with E-state index in [1.807, 2.05) is 43.3 Å². The molecule has 0 radical (unpaired) electrons. The molecule has 0 saturated carbocycles. The fourth-order valence-electron chi connectivity index (χ4n) is 2.40. The van der Waals surface area contributed by atoms with Crippen LogP contribution in [0.3, 0.4) is 0 Å². The highest BCUT2D eigenvalue weighted by Gasteiger charge is 2.32. The number of anilines is 1. The number of aromatic nitrogens is 1. The molecule has 0 spiro atoms. The number of hydrogen-bond acceptors (Lipinski definition) is 3. The molecule has 1 N–H and O–H groups in total. The average molecular weight is 313 g/mol. The van der Waals surface area contributed by atoms with Gasteiger partial charge < -0.3 is 19.5 Å². The topological polar surface area (TPSA) is 63.6 Å². The molecule has 120 valence electrons. The predicted molar refractivity (Wildman–Crippen MR) is 87.9 cm³/mol. The van der Waals surface area contributed by atoms with Gasteiger partial charge in [0.2, 0.25) is 0 Å². The minimum Gasteiger partial charge on any atom is -0.486 e. The Morgan fingerprint density at radius 2 is 1.91 bits per heavy atom. The quantitative estimate of drug-likeness (QED) is 0.942. The van der Waals surface area contributed by atoms with Crippen molar-refractivity contribution in [3.8, 4) is 5.75 Å². The normalized spacial score (nSPS) is 14.3. The SMILES string of the molecule is Cc1cc(OC2CN(C(=O)Nc3ccccc3)C2)cc(=O)n1C. The second-order valence-electron chi connectivity index (χ2n) is 5.67. The zero-order chi connectivity index (χ0) is 16.4. The van der Waals surface area contributed by atoms with Crippen molar-refractivity contribution in [1.29, 1.82) is 0 Å². The lowest BCUT2D eigenvalue weighted by Crippen LogP contribution is -2.57. The number of carbonyl (C=O) groups is 1. The number of aryl methyl sites for hydroxylation is 1. The highest BCUT2D eigenvalue weighted by molar-refractivity contribution is 5.89. The van der Waals surface area contributed by atoms with Gasteiger partial charge in [0.1, 0.15) is 11.9 Å². The second-order valence-corrected chi connectivity index (χ2v) is 5.67. The number of pyridine rings is 1. The van der Waals surface area contributed by atoms with E-state index in [4.69, 9.17) is 4.74 Å². The van der Waals surface area contributed by atoms with Crippen LogP contribution >= 0.6 is 0 Å². The lowest BCUT2D eigenvalue weighted by Gasteiger charge is -2.38. The van der Waals surface area contributed by atoms with Crippen LogP contribution in [0.25, 0.3) is 0 Å². The Morgan fingerprint density at radius 1 is 1.22 bits per heavy atom. The number of rotatable bonds is 3. The number of urea groups is 1. The van der Waals surface area contributed by atoms with E-state index in [1.54, 1.807) is 16.5 Å². The van der Waals surface area contributed by atoms with Crippen LogP contribution in [0.15, 0.2) is 47.3 Å². The molecule has 1 saturated heterocycles. The van der Waals surface area contributed by atoms with Crippen LogP contribution in [-0.4, -0.2) is 34.7 Å². The molecule has 1 aromatic heterocycles. The van der Waals surface area contributed by atoms with E-state index < -0.39 is 0 Å². The van der Waals surface area contributed by atoms with Gasteiger partial charge in [0, 0.05) is 24.5 Å². The number of hydrogen-bond donors (Lipinski definition) is 1. The molecule has 0 atom stereocenters. The fraction of sp³-hybridized carbons (Fsp3) is 0.294. The number of likely N-dealkylation sites (tertiary alicyclic amines) is 1. The standard InChI is InChI=1S/C17H19N3O3/c1-12-8-14(9-16(21)19(12)2)23-15-10-20(11-15)17(22)18-13-6-4-3-5-7-13/h3-9,15H,10-11H2,1-2H3,(H,18,22). The van der Waals surface area contributed by atoms with E-state index in [1.165, 1.54) is 6.07 Å². The molecule has 1 aliphatic rings. The number of nitrogens with zero attached hydrogens (tertiary/aromatic N) is 2. The van der Waals surface area contributed by atoms with Crippen LogP contribution in [0.1, 0.15) is 5.69 Å². The summed E-state index contributed by atoms with van der Waals surface area (Å²) in [5.41, 5.74) is 1.51. The van der Waals surface area contributed by atoms with Crippen molar-refractivity contribution in [3.05, 3.63) is 58.5 Å². The summed E-state index contributed by atoms with van der Waals surface area (Å²) in [6.07, 6.45) is -0.0805. The zero-order valence-corrected chi connectivity index (χ0v) is 13.2. The van der Waals surface area contributed by atoms with Crippen LogP contribution in [-0.2, 0) is 7.05 Å². The first-order chi connectivity index (χ1) is 11.0. The Balaban J connectivity index is 1.53. The van der Waals surface area contributed by atoms with Crippen molar-refractivity contribution in [2.75, 3.05) is 18.4 Å². The molecule has 2 amide bonds. The van der Waals surface area contributed by atoms with Gasteiger partial charge in [-0.05, 0) is 25.1 Å². The van der Waals surface area contributed by atoms with Crippen molar-refractivity contribution in [2.45, 2.75) is 13.0 Å². The third-order valence-corrected chi connectivity index (χ3v) is 3.94. The molecule has 3 rings (SSSR count). The molecule has 6 heteroatoms. The summed E-state index contributed by atoms with van der Waals surface area (Å²) in [6, 6.07) is 12.5. The lowest BCUT2D eigenvalue weighted by atomic mass is 10.2. The van der Waals surface area contributed by atoms with Gasteiger partial charge in [0.15, 0.2) is 0 Å². The molecule has 23 heavy (non-hydrogen) atoms. The maximum atomic E-state index is 12.1. The van der Waals surface area contributed by atoms with Gasteiger partial charge in [0.05, 0.1) is 13.1 Å². The molecule has 1 aliphatic heterocycles. The van der Waals surface area contributed by atoms with Gasteiger partial charge in [0.25, 0.3) is 5.56 Å². The number of nitrogens with one attached hydrogen (secondary N) is 1. The van der Waals surface area contributed by atoms with Gasteiger partial charge in [-0.3, -0.25) is 4.79 Å².